The van der Waals surface area contributed by atoms with E-state index in [0.717, 1.165) is 5.56 Å². The zero-order valence-corrected chi connectivity index (χ0v) is 7.88. The van der Waals surface area contributed by atoms with Gasteiger partial charge in [-0.05, 0) is 19.1 Å². The minimum Gasteiger partial charge on any atom is -0.292 e. The van der Waals surface area contributed by atoms with Crippen LogP contribution in [0.2, 0.25) is 0 Å². The molecule has 0 N–H and O–H groups in total. The zero-order valence-electron chi connectivity index (χ0n) is 7.12. The number of hydrogen-bond acceptors (Lipinski definition) is 3. The molecule has 0 aliphatic heterocycles. The van der Waals surface area contributed by atoms with Gasteiger partial charge in [0.05, 0.1) is 5.56 Å². The molecule has 0 amide bonds. The number of hydrogen-bond donors (Lipinski definition) is 0. The van der Waals surface area contributed by atoms with Gasteiger partial charge in [-0.1, -0.05) is 29.3 Å². The number of alkyl halides is 1. The molecule has 0 aliphatic carbocycles. The average molecular weight is 201 g/mol. The maximum atomic E-state index is 11.1. The molecule has 0 bridgehead atoms. The average Bonchev–Trinajstić information content (AvgIpc) is 2.15. The van der Waals surface area contributed by atoms with Crippen molar-refractivity contribution in [2.45, 2.75) is 6.92 Å². The summed E-state index contributed by atoms with van der Waals surface area (Å²) < 4.78 is 0. The fraction of sp³-hybridized carbons (Fsp3) is 0.222. The standard InChI is InChI=1S/C9H9ClO3/c1-7-2-4-8(5-3-7)9(11)13-12-6-10/h2-5H,6H2,1H3. The maximum Gasteiger partial charge on any atom is 0.373 e. The summed E-state index contributed by atoms with van der Waals surface area (Å²) in [6.07, 6.45) is 0. The van der Waals surface area contributed by atoms with E-state index < -0.39 is 5.97 Å². The first-order valence-corrected chi connectivity index (χ1v) is 4.24. The molecule has 0 heterocycles. The second-order valence-electron chi connectivity index (χ2n) is 2.46. The first-order chi connectivity index (χ1) is 6.24. The summed E-state index contributed by atoms with van der Waals surface area (Å²) in [4.78, 5) is 19.8. The van der Waals surface area contributed by atoms with Gasteiger partial charge in [0.1, 0.15) is 0 Å². The molecule has 0 aliphatic rings. The van der Waals surface area contributed by atoms with Crippen LogP contribution in [0.3, 0.4) is 0 Å². The molecule has 0 radical (unpaired) electrons. The Kier molecular flexibility index (Phi) is 3.73. The third-order valence-electron chi connectivity index (χ3n) is 1.47. The normalized spacial score (nSPS) is 9.69. The topological polar surface area (TPSA) is 35.5 Å². The van der Waals surface area contributed by atoms with Gasteiger partial charge >= 0.3 is 5.97 Å². The van der Waals surface area contributed by atoms with Crippen molar-refractivity contribution < 1.29 is 14.6 Å². The van der Waals surface area contributed by atoms with E-state index >= 15 is 0 Å². The van der Waals surface area contributed by atoms with Crippen molar-refractivity contribution in [2.75, 3.05) is 6.07 Å². The molecule has 1 aromatic rings. The molecule has 1 rings (SSSR count). The number of aryl methyl sites for hydroxylation is 1. The Morgan fingerprint density at radius 1 is 1.38 bits per heavy atom. The van der Waals surface area contributed by atoms with Crippen LogP contribution in [0.25, 0.3) is 0 Å². The van der Waals surface area contributed by atoms with Crippen molar-refractivity contribution in [1.82, 2.24) is 0 Å². The third kappa shape index (κ3) is 3.05. The quantitative estimate of drug-likeness (QED) is 0.427. The molecule has 1 aromatic carbocycles. The molecule has 0 saturated heterocycles. The number of benzene rings is 1. The summed E-state index contributed by atoms with van der Waals surface area (Å²) in [5, 5.41) is 0. The van der Waals surface area contributed by atoms with Crippen LogP contribution in [0.4, 0.5) is 0 Å². The van der Waals surface area contributed by atoms with Gasteiger partial charge in [0, 0.05) is 0 Å². The van der Waals surface area contributed by atoms with Crippen molar-refractivity contribution in [3.8, 4) is 0 Å². The monoisotopic (exact) mass is 200 g/mol. The first kappa shape index (κ1) is 10.0. The van der Waals surface area contributed by atoms with Gasteiger partial charge in [-0.25, -0.2) is 4.79 Å². The Morgan fingerprint density at radius 2 is 2.00 bits per heavy atom. The molecule has 0 saturated carbocycles. The Bertz CT molecular complexity index is 281. The maximum absolute atomic E-state index is 11.1. The van der Waals surface area contributed by atoms with Crippen LogP contribution in [0.15, 0.2) is 24.3 Å². The molecule has 4 heteroatoms. The second kappa shape index (κ2) is 4.84. The Hall–Kier alpha value is -1.06. The van der Waals surface area contributed by atoms with Gasteiger partial charge in [0.15, 0.2) is 6.07 Å². The minimum absolute atomic E-state index is 0.169. The molecule has 0 unspecified atom stereocenters. The lowest BCUT2D eigenvalue weighted by atomic mass is 10.2. The van der Waals surface area contributed by atoms with Crippen molar-refractivity contribution in [2.24, 2.45) is 0 Å². The lowest BCUT2D eigenvalue weighted by Gasteiger charge is -2.00. The van der Waals surface area contributed by atoms with E-state index in [-0.39, 0.29) is 6.07 Å². The van der Waals surface area contributed by atoms with Crippen LogP contribution in [-0.2, 0) is 9.78 Å². The predicted octanol–water partition coefficient (Wildman–Crippen LogP) is 2.28. The highest BCUT2D eigenvalue weighted by Gasteiger charge is 2.06. The SMILES string of the molecule is Cc1ccc(C(=O)OOCCl)cc1. The molecule has 0 spiro atoms. The van der Waals surface area contributed by atoms with Crippen LogP contribution in [0, 0.1) is 6.92 Å². The van der Waals surface area contributed by atoms with Crippen LogP contribution < -0.4 is 0 Å². The number of halogens is 1. The van der Waals surface area contributed by atoms with Crippen molar-refractivity contribution in [1.29, 1.82) is 0 Å². The fourth-order valence-corrected chi connectivity index (χ4v) is 0.858. The van der Waals surface area contributed by atoms with Crippen LogP contribution in [-0.4, -0.2) is 12.0 Å². The van der Waals surface area contributed by atoms with Crippen molar-refractivity contribution in [3.63, 3.8) is 0 Å². The van der Waals surface area contributed by atoms with Crippen molar-refractivity contribution in [3.05, 3.63) is 35.4 Å². The summed E-state index contributed by atoms with van der Waals surface area (Å²) in [5.74, 6) is -0.541. The number of carbonyl (C=O) groups excluding carboxylic acids is 1. The molecule has 0 atom stereocenters. The molecule has 13 heavy (non-hydrogen) atoms. The summed E-state index contributed by atoms with van der Waals surface area (Å²) >= 11 is 5.16. The van der Waals surface area contributed by atoms with E-state index in [1.165, 1.54) is 0 Å². The second-order valence-corrected chi connectivity index (χ2v) is 2.68. The van der Waals surface area contributed by atoms with Gasteiger partial charge in [0.2, 0.25) is 0 Å². The highest BCUT2D eigenvalue weighted by Crippen LogP contribution is 2.04. The van der Waals surface area contributed by atoms with E-state index in [4.69, 9.17) is 11.6 Å². The van der Waals surface area contributed by atoms with Gasteiger partial charge in [-0.3, -0.25) is 4.89 Å². The zero-order chi connectivity index (χ0) is 9.68. The van der Waals surface area contributed by atoms with E-state index in [9.17, 15) is 4.79 Å². The lowest BCUT2D eigenvalue weighted by Crippen LogP contribution is -2.04. The van der Waals surface area contributed by atoms with Crippen molar-refractivity contribution >= 4 is 17.6 Å². The summed E-state index contributed by atoms with van der Waals surface area (Å²) in [6, 6.07) is 6.79. The van der Waals surface area contributed by atoms with Gasteiger partial charge in [0.25, 0.3) is 0 Å². The molecular formula is C9H9ClO3. The number of rotatable bonds is 3. The predicted molar refractivity (Wildman–Crippen MR) is 48.4 cm³/mol. The third-order valence-corrected chi connectivity index (χ3v) is 1.56. The van der Waals surface area contributed by atoms with Crippen LogP contribution >= 0.6 is 11.6 Å². The van der Waals surface area contributed by atoms with Gasteiger partial charge in [-0.2, -0.15) is 4.89 Å². The lowest BCUT2D eigenvalue weighted by molar-refractivity contribution is -0.224. The van der Waals surface area contributed by atoms with Gasteiger partial charge < -0.3 is 0 Å². The highest BCUT2D eigenvalue weighted by atomic mass is 35.5. The Labute approximate surface area is 81.1 Å². The Balaban J connectivity index is 2.61. The smallest absolute Gasteiger partial charge is 0.292 e. The molecule has 3 nitrogen and oxygen atoms in total. The first-order valence-electron chi connectivity index (χ1n) is 3.70. The number of carbonyl (C=O) groups is 1. The molecular weight excluding hydrogens is 192 g/mol. The van der Waals surface area contributed by atoms with E-state index in [1.54, 1.807) is 12.1 Å². The van der Waals surface area contributed by atoms with E-state index in [1.807, 2.05) is 19.1 Å². The molecule has 0 aromatic heterocycles. The minimum atomic E-state index is -0.541. The molecule has 0 fully saturated rings. The largest absolute Gasteiger partial charge is 0.373 e. The van der Waals surface area contributed by atoms with E-state index in [2.05, 4.69) is 9.78 Å². The fourth-order valence-electron chi connectivity index (χ4n) is 0.814. The van der Waals surface area contributed by atoms with Crippen LogP contribution in [0.1, 0.15) is 15.9 Å². The molecule has 70 valence electrons. The van der Waals surface area contributed by atoms with Crippen LogP contribution in [0.5, 0.6) is 0 Å². The Morgan fingerprint density at radius 3 is 2.54 bits per heavy atom. The summed E-state index contributed by atoms with van der Waals surface area (Å²) in [6.45, 7) is 1.93. The van der Waals surface area contributed by atoms with Gasteiger partial charge in [-0.15, -0.1) is 0 Å². The summed E-state index contributed by atoms with van der Waals surface area (Å²) in [5.41, 5.74) is 1.52. The highest BCUT2D eigenvalue weighted by molar-refractivity contribution is 6.17. The van der Waals surface area contributed by atoms with E-state index in [0.29, 0.717) is 5.56 Å². The summed E-state index contributed by atoms with van der Waals surface area (Å²) in [7, 11) is 0.